The molecule has 58 heavy (non-hydrogen) atoms. The Hall–Kier alpha value is -6.00. The lowest BCUT2D eigenvalue weighted by Crippen LogP contribution is -2.61. The molecule has 284 valence electrons. The highest BCUT2D eigenvalue weighted by atomic mass is 15.2. The molecule has 4 aliphatic rings. The normalized spacial score (nSPS) is 16.3. The topological polar surface area (TPSA) is 9.72 Å². The SMILES string of the molecule is Cc1ccccc1N1c2cc3c(cc2B2c4ccc5c(c4N(c4ccccc4C)c4cc(N(c6ccccc6)c6ccccc6)cc1c42)CC(C)(C)C5)CC(C)(C)C3. The zero-order valence-corrected chi connectivity index (χ0v) is 34.6. The number of benzene rings is 7. The van der Waals surface area contributed by atoms with E-state index in [2.05, 4.69) is 202 Å². The van der Waals surface area contributed by atoms with Crippen LogP contribution in [0.2, 0.25) is 0 Å². The Morgan fingerprint density at radius 3 is 1.59 bits per heavy atom. The standard InChI is InChI=1S/C54H50BN3/c1-35-17-13-15-23-46(35)57-48-28-39-33-53(3,4)32-38(39)27-45(48)55-44-26-25-37-31-54(5,6)34-43(37)52(44)58(47-24-16-14-18-36(47)2)50-30-42(29-49(57)51(50)55)56(40-19-9-7-10-20-40)41-21-11-8-12-22-41/h7-30H,31-34H2,1-6H3. The minimum Gasteiger partial charge on any atom is -0.311 e. The highest BCUT2D eigenvalue weighted by molar-refractivity contribution is 7.00. The van der Waals surface area contributed by atoms with Crippen LogP contribution in [0.3, 0.4) is 0 Å². The summed E-state index contributed by atoms with van der Waals surface area (Å²) in [5, 5.41) is 0. The quantitative estimate of drug-likeness (QED) is 0.162. The molecule has 0 aromatic heterocycles. The van der Waals surface area contributed by atoms with Crippen LogP contribution in [0.4, 0.5) is 51.2 Å². The molecule has 11 rings (SSSR count). The van der Waals surface area contributed by atoms with Crippen molar-refractivity contribution in [3.8, 4) is 0 Å². The van der Waals surface area contributed by atoms with Crippen LogP contribution >= 0.6 is 0 Å². The van der Waals surface area contributed by atoms with Crippen LogP contribution in [0.15, 0.2) is 146 Å². The molecule has 0 bridgehead atoms. The van der Waals surface area contributed by atoms with Crippen LogP contribution in [-0.4, -0.2) is 6.71 Å². The van der Waals surface area contributed by atoms with Crippen LogP contribution in [-0.2, 0) is 25.7 Å². The van der Waals surface area contributed by atoms with E-state index in [-0.39, 0.29) is 17.5 Å². The van der Waals surface area contributed by atoms with Crippen molar-refractivity contribution in [1.29, 1.82) is 0 Å². The molecule has 4 heteroatoms. The second-order valence-electron chi connectivity index (χ2n) is 18.9. The number of para-hydroxylation sites is 4. The van der Waals surface area contributed by atoms with Gasteiger partial charge in [-0.05, 0) is 155 Å². The predicted molar refractivity (Wildman–Crippen MR) is 247 cm³/mol. The van der Waals surface area contributed by atoms with Crippen LogP contribution < -0.4 is 31.1 Å². The van der Waals surface area contributed by atoms with Gasteiger partial charge in [-0.25, -0.2) is 0 Å². The summed E-state index contributed by atoms with van der Waals surface area (Å²) in [6.45, 7) is 14.4. The monoisotopic (exact) mass is 751 g/mol. The van der Waals surface area contributed by atoms with Crippen LogP contribution in [0.25, 0.3) is 0 Å². The highest BCUT2D eigenvalue weighted by Gasteiger charge is 2.47. The maximum Gasteiger partial charge on any atom is 0.252 e. The molecule has 0 amide bonds. The maximum absolute atomic E-state index is 2.68. The van der Waals surface area contributed by atoms with Crippen molar-refractivity contribution < 1.29 is 0 Å². The number of fused-ring (bicyclic) bond motifs is 7. The summed E-state index contributed by atoms with van der Waals surface area (Å²) >= 11 is 0. The fourth-order valence-electron chi connectivity index (χ4n) is 11.0. The molecule has 0 spiro atoms. The summed E-state index contributed by atoms with van der Waals surface area (Å²) in [7, 11) is 0. The Morgan fingerprint density at radius 1 is 0.448 bits per heavy atom. The van der Waals surface area contributed by atoms with Gasteiger partial charge in [-0.15, -0.1) is 0 Å². The van der Waals surface area contributed by atoms with Crippen molar-refractivity contribution in [1.82, 2.24) is 0 Å². The molecule has 0 atom stereocenters. The first-order chi connectivity index (χ1) is 28.1. The number of hydrogen-bond acceptors (Lipinski definition) is 3. The van der Waals surface area contributed by atoms with E-state index in [0.717, 1.165) is 42.7 Å². The van der Waals surface area contributed by atoms with Crippen molar-refractivity contribution in [2.75, 3.05) is 14.7 Å². The summed E-state index contributed by atoms with van der Waals surface area (Å²) in [6.07, 6.45) is 4.35. The second kappa shape index (κ2) is 12.8. The number of anilines is 9. The molecular formula is C54H50BN3. The Kier molecular flexibility index (Phi) is 7.74. The van der Waals surface area contributed by atoms with Crippen molar-refractivity contribution in [3.63, 3.8) is 0 Å². The number of aryl methyl sites for hydroxylation is 2. The van der Waals surface area contributed by atoms with E-state index in [9.17, 15) is 0 Å². The molecule has 0 fully saturated rings. The molecule has 3 nitrogen and oxygen atoms in total. The summed E-state index contributed by atoms with van der Waals surface area (Å²) in [5.74, 6) is 0. The second-order valence-corrected chi connectivity index (χ2v) is 18.9. The lowest BCUT2D eigenvalue weighted by atomic mass is 9.33. The first-order valence-corrected chi connectivity index (χ1v) is 21.2. The number of rotatable bonds is 5. The first-order valence-electron chi connectivity index (χ1n) is 21.2. The first kappa shape index (κ1) is 35.2. The number of nitrogens with zero attached hydrogens (tertiary/aromatic N) is 3. The largest absolute Gasteiger partial charge is 0.311 e. The van der Waals surface area contributed by atoms with E-state index in [1.54, 1.807) is 0 Å². The molecule has 7 aromatic carbocycles. The summed E-state index contributed by atoms with van der Waals surface area (Å²) in [4.78, 5) is 7.75. The molecular weight excluding hydrogens is 701 g/mol. The zero-order valence-electron chi connectivity index (χ0n) is 34.6. The van der Waals surface area contributed by atoms with Crippen LogP contribution in [0, 0.1) is 24.7 Å². The number of hydrogen-bond donors (Lipinski definition) is 0. The van der Waals surface area contributed by atoms with Gasteiger partial charge >= 0.3 is 0 Å². The minimum absolute atomic E-state index is 0.0783. The molecule has 2 heterocycles. The van der Waals surface area contributed by atoms with Crippen molar-refractivity contribution in [2.24, 2.45) is 10.8 Å². The van der Waals surface area contributed by atoms with E-state index in [0.29, 0.717) is 0 Å². The fraction of sp³-hybridized carbons (Fsp3) is 0.222. The molecule has 2 aliphatic carbocycles. The van der Waals surface area contributed by atoms with E-state index >= 15 is 0 Å². The zero-order chi connectivity index (χ0) is 39.5. The molecule has 2 aliphatic heterocycles. The smallest absolute Gasteiger partial charge is 0.252 e. The average molecular weight is 752 g/mol. The van der Waals surface area contributed by atoms with Crippen molar-refractivity contribution in [2.45, 2.75) is 67.2 Å². The fourth-order valence-corrected chi connectivity index (χ4v) is 11.0. The van der Waals surface area contributed by atoms with Gasteiger partial charge < -0.3 is 14.7 Å². The Balaban J connectivity index is 1.30. The molecule has 0 N–H and O–H groups in total. The van der Waals surface area contributed by atoms with Gasteiger partial charge in [-0.3, -0.25) is 0 Å². The molecule has 0 saturated heterocycles. The third kappa shape index (κ3) is 5.41. The van der Waals surface area contributed by atoms with E-state index < -0.39 is 0 Å². The molecule has 0 radical (unpaired) electrons. The van der Waals surface area contributed by atoms with Gasteiger partial charge in [0.1, 0.15) is 0 Å². The predicted octanol–water partition coefficient (Wildman–Crippen LogP) is 12.1. The average Bonchev–Trinajstić information content (AvgIpc) is 3.71. The van der Waals surface area contributed by atoms with Gasteiger partial charge in [0.25, 0.3) is 6.71 Å². The van der Waals surface area contributed by atoms with Gasteiger partial charge in [-0.1, -0.05) is 119 Å². The third-order valence-electron chi connectivity index (χ3n) is 13.4. The Labute approximate surface area is 344 Å². The van der Waals surface area contributed by atoms with Crippen molar-refractivity contribution in [3.05, 3.63) is 179 Å². The van der Waals surface area contributed by atoms with Gasteiger partial charge in [0.2, 0.25) is 0 Å². The van der Waals surface area contributed by atoms with E-state index in [1.807, 2.05) is 0 Å². The Morgan fingerprint density at radius 2 is 0.966 bits per heavy atom. The van der Waals surface area contributed by atoms with Gasteiger partial charge in [0.15, 0.2) is 0 Å². The van der Waals surface area contributed by atoms with Crippen molar-refractivity contribution >= 4 is 74.3 Å². The summed E-state index contributed by atoms with van der Waals surface area (Å²) < 4.78 is 0. The van der Waals surface area contributed by atoms with E-state index in [4.69, 9.17) is 0 Å². The van der Waals surface area contributed by atoms with E-state index in [1.165, 1.54) is 83.9 Å². The third-order valence-corrected chi connectivity index (χ3v) is 13.4. The summed E-state index contributed by atoms with van der Waals surface area (Å²) in [6, 6.07) is 55.0. The van der Waals surface area contributed by atoms with Gasteiger partial charge in [0.05, 0.1) is 5.69 Å². The van der Waals surface area contributed by atoms with Gasteiger partial charge in [-0.2, -0.15) is 0 Å². The van der Waals surface area contributed by atoms with Gasteiger partial charge in [0, 0.05) is 45.5 Å². The van der Waals surface area contributed by atoms with Crippen LogP contribution in [0.1, 0.15) is 61.1 Å². The lowest BCUT2D eigenvalue weighted by molar-refractivity contribution is 0.392. The minimum atomic E-state index is 0.0783. The highest BCUT2D eigenvalue weighted by Crippen LogP contribution is 2.52. The lowest BCUT2D eigenvalue weighted by Gasteiger charge is -2.46. The molecule has 0 saturated carbocycles. The molecule has 0 unspecified atom stereocenters. The maximum atomic E-state index is 2.68. The summed E-state index contributed by atoms with van der Waals surface area (Å²) in [5.41, 5.74) is 24.3. The molecule has 7 aromatic rings. The Bertz CT molecular complexity index is 2740. The van der Waals surface area contributed by atoms with Crippen LogP contribution in [0.5, 0.6) is 0 Å².